The van der Waals surface area contributed by atoms with E-state index in [1.807, 2.05) is 18.2 Å². The maximum atomic E-state index is 11.5. The third kappa shape index (κ3) is 2.48. The molecule has 2 N–H and O–H groups in total. The predicted octanol–water partition coefficient (Wildman–Crippen LogP) is 1.26. The van der Waals surface area contributed by atoms with Crippen LogP contribution in [0.15, 0.2) is 30.3 Å². The van der Waals surface area contributed by atoms with Gasteiger partial charge in [-0.3, -0.25) is 4.21 Å². The summed E-state index contributed by atoms with van der Waals surface area (Å²) in [5.41, 5.74) is 6.63. The number of pyridine rings is 1. The minimum absolute atomic E-state index is 0.442. The Morgan fingerprint density at radius 1 is 1.26 bits per heavy atom. The van der Waals surface area contributed by atoms with Crippen LogP contribution in [0.2, 0.25) is 0 Å². The molecule has 1 fully saturated rings. The van der Waals surface area contributed by atoms with E-state index < -0.39 is 10.8 Å². The van der Waals surface area contributed by atoms with Gasteiger partial charge in [0.05, 0.1) is 5.69 Å². The summed E-state index contributed by atoms with van der Waals surface area (Å²) in [4.78, 5) is 6.90. The predicted molar refractivity (Wildman–Crippen MR) is 79.7 cm³/mol. The lowest BCUT2D eigenvalue weighted by atomic mass is 10.1. The van der Waals surface area contributed by atoms with E-state index in [1.165, 1.54) is 5.39 Å². The Hall–Kier alpha value is -1.46. The van der Waals surface area contributed by atoms with Gasteiger partial charge in [-0.2, -0.15) is 0 Å². The Kier molecular flexibility index (Phi) is 3.48. The van der Waals surface area contributed by atoms with Crippen LogP contribution in [-0.4, -0.2) is 33.8 Å². The van der Waals surface area contributed by atoms with E-state index in [0.29, 0.717) is 6.54 Å². The monoisotopic (exact) mass is 275 g/mol. The second-order valence-corrected chi connectivity index (χ2v) is 6.39. The molecule has 0 bridgehead atoms. The van der Waals surface area contributed by atoms with E-state index >= 15 is 0 Å². The van der Waals surface area contributed by atoms with Crippen molar-refractivity contribution >= 4 is 27.4 Å². The Bertz CT molecular complexity index is 619. The van der Waals surface area contributed by atoms with Crippen molar-refractivity contribution in [2.75, 3.05) is 29.5 Å². The molecule has 0 aliphatic carbocycles. The van der Waals surface area contributed by atoms with Crippen molar-refractivity contribution in [3.05, 3.63) is 36.0 Å². The van der Waals surface area contributed by atoms with Crippen LogP contribution in [0, 0.1) is 0 Å². The molecule has 100 valence electrons. The molecule has 1 aliphatic rings. The summed E-state index contributed by atoms with van der Waals surface area (Å²) >= 11 is 0. The fraction of sp³-hybridized carbons (Fsp3) is 0.357. The third-order valence-electron chi connectivity index (χ3n) is 3.46. The normalized spacial score (nSPS) is 17.0. The van der Waals surface area contributed by atoms with Crippen molar-refractivity contribution in [1.82, 2.24) is 4.98 Å². The molecular formula is C14H17N3OS. The van der Waals surface area contributed by atoms with Gasteiger partial charge >= 0.3 is 0 Å². The number of nitrogens with zero attached hydrogens (tertiary/aromatic N) is 2. The molecule has 2 aromatic rings. The molecule has 0 saturated carbocycles. The number of hydrogen-bond donors (Lipinski definition) is 1. The van der Waals surface area contributed by atoms with Crippen molar-refractivity contribution < 1.29 is 4.21 Å². The van der Waals surface area contributed by atoms with Gasteiger partial charge in [-0.15, -0.1) is 0 Å². The molecule has 1 saturated heterocycles. The molecule has 4 nitrogen and oxygen atoms in total. The number of aromatic nitrogens is 1. The summed E-state index contributed by atoms with van der Waals surface area (Å²) in [6.45, 7) is 2.05. The van der Waals surface area contributed by atoms with Crippen molar-refractivity contribution in [3.63, 3.8) is 0 Å². The molecule has 1 aliphatic heterocycles. The van der Waals surface area contributed by atoms with Gasteiger partial charge in [-0.05, 0) is 11.5 Å². The second-order valence-electron chi connectivity index (χ2n) is 4.70. The highest BCUT2D eigenvalue weighted by molar-refractivity contribution is 7.85. The first kappa shape index (κ1) is 12.6. The first-order valence-corrected chi connectivity index (χ1v) is 7.95. The summed E-state index contributed by atoms with van der Waals surface area (Å²) in [5.74, 6) is 2.43. The average molecular weight is 275 g/mol. The van der Waals surface area contributed by atoms with Crippen LogP contribution in [0.4, 0.5) is 5.82 Å². The maximum Gasteiger partial charge on any atom is 0.136 e. The van der Waals surface area contributed by atoms with Crippen molar-refractivity contribution in [3.8, 4) is 0 Å². The van der Waals surface area contributed by atoms with E-state index in [2.05, 4.69) is 22.0 Å². The van der Waals surface area contributed by atoms with Gasteiger partial charge in [0.15, 0.2) is 0 Å². The lowest BCUT2D eigenvalue weighted by Gasteiger charge is -2.28. The molecule has 0 atom stereocenters. The minimum Gasteiger partial charge on any atom is -0.354 e. The molecular weight excluding hydrogens is 258 g/mol. The Morgan fingerprint density at radius 2 is 2.00 bits per heavy atom. The zero-order chi connectivity index (χ0) is 13.2. The largest absolute Gasteiger partial charge is 0.354 e. The summed E-state index contributed by atoms with van der Waals surface area (Å²) in [5, 5.41) is 2.31. The SMILES string of the molecule is NCc1cc2ccccc2c(N2CCS(=O)CC2)n1. The van der Waals surface area contributed by atoms with Gasteiger partial charge in [0.1, 0.15) is 5.82 Å². The number of benzene rings is 1. The molecule has 5 heteroatoms. The number of anilines is 1. The standard InChI is InChI=1S/C14H17N3OS/c15-10-12-9-11-3-1-2-4-13(11)14(16-12)17-5-7-19(18)8-6-17/h1-4,9H,5-8,10,15H2. The van der Waals surface area contributed by atoms with E-state index in [9.17, 15) is 4.21 Å². The summed E-state index contributed by atoms with van der Waals surface area (Å²) in [6, 6.07) is 10.3. The fourth-order valence-electron chi connectivity index (χ4n) is 2.43. The number of hydrogen-bond acceptors (Lipinski definition) is 4. The van der Waals surface area contributed by atoms with Crippen LogP contribution in [-0.2, 0) is 17.3 Å². The Balaban J connectivity index is 2.08. The molecule has 2 heterocycles. The van der Waals surface area contributed by atoms with Gasteiger partial charge in [-0.1, -0.05) is 24.3 Å². The first-order valence-electron chi connectivity index (χ1n) is 6.46. The highest BCUT2D eigenvalue weighted by Crippen LogP contribution is 2.26. The number of fused-ring (bicyclic) bond motifs is 1. The van der Waals surface area contributed by atoms with Crippen molar-refractivity contribution in [1.29, 1.82) is 0 Å². The molecule has 0 radical (unpaired) electrons. The Labute approximate surface area is 115 Å². The topological polar surface area (TPSA) is 59.2 Å². The average Bonchev–Trinajstić information content (AvgIpc) is 2.47. The molecule has 1 aromatic heterocycles. The molecule has 0 amide bonds. The van der Waals surface area contributed by atoms with Gasteiger partial charge < -0.3 is 10.6 Å². The van der Waals surface area contributed by atoms with E-state index in [4.69, 9.17) is 5.73 Å². The third-order valence-corrected chi connectivity index (χ3v) is 4.74. The first-order chi connectivity index (χ1) is 9.28. The van der Waals surface area contributed by atoms with Crippen LogP contribution < -0.4 is 10.6 Å². The van der Waals surface area contributed by atoms with Gasteiger partial charge in [0.2, 0.25) is 0 Å². The minimum atomic E-state index is -0.670. The highest BCUT2D eigenvalue weighted by Gasteiger charge is 2.18. The fourth-order valence-corrected chi connectivity index (χ4v) is 3.48. The van der Waals surface area contributed by atoms with Crippen molar-refractivity contribution in [2.45, 2.75) is 6.54 Å². The van der Waals surface area contributed by atoms with E-state index in [0.717, 1.165) is 41.5 Å². The highest BCUT2D eigenvalue weighted by atomic mass is 32.2. The zero-order valence-corrected chi connectivity index (χ0v) is 11.5. The molecule has 19 heavy (non-hydrogen) atoms. The molecule has 1 aromatic carbocycles. The van der Waals surface area contributed by atoms with Crippen LogP contribution in [0.1, 0.15) is 5.69 Å². The van der Waals surface area contributed by atoms with Gasteiger partial charge in [0.25, 0.3) is 0 Å². The van der Waals surface area contributed by atoms with Crippen molar-refractivity contribution in [2.24, 2.45) is 5.73 Å². The summed E-state index contributed by atoms with van der Waals surface area (Å²) < 4.78 is 11.5. The number of nitrogens with two attached hydrogens (primary N) is 1. The van der Waals surface area contributed by atoms with Crippen LogP contribution in [0.3, 0.4) is 0 Å². The van der Waals surface area contributed by atoms with Crippen LogP contribution in [0.5, 0.6) is 0 Å². The lowest BCUT2D eigenvalue weighted by molar-refractivity contribution is 0.672. The van der Waals surface area contributed by atoms with Gasteiger partial charge in [-0.25, -0.2) is 4.98 Å². The number of rotatable bonds is 2. The molecule has 0 spiro atoms. The summed E-state index contributed by atoms with van der Waals surface area (Å²) in [7, 11) is -0.670. The lowest BCUT2D eigenvalue weighted by Crippen LogP contribution is -2.38. The van der Waals surface area contributed by atoms with Gasteiger partial charge in [0, 0.05) is 47.3 Å². The second kappa shape index (κ2) is 5.27. The molecule has 3 rings (SSSR count). The quantitative estimate of drug-likeness (QED) is 0.896. The van der Waals surface area contributed by atoms with Crippen LogP contribution in [0.25, 0.3) is 10.8 Å². The maximum absolute atomic E-state index is 11.5. The zero-order valence-electron chi connectivity index (χ0n) is 10.7. The summed E-state index contributed by atoms with van der Waals surface area (Å²) in [6.07, 6.45) is 0. The van der Waals surface area contributed by atoms with Crippen LogP contribution >= 0.6 is 0 Å². The molecule has 0 unspecified atom stereocenters. The van der Waals surface area contributed by atoms with E-state index in [-0.39, 0.29) is 0 Å². The Morgan fingerprint density at radius 3 is 2.74 bits per heavy atom. The van der Waals surface area contributed by atoms with E-state index in [1.54, 1.807) is 0 Å². The smallest absolute Gasteiger partial charge is 0.136 e.